The molecule has 0 fully saturated rings. The van der Waals surface area contributed by atoms with E-state index >= 15 is 0 Å². The monoisotopic (exact) mass is 1570 g/mol. The fraction of sp³-hybridized carbons (Fsp3) is 0.471. The van der Waals surface area contributed by atoms with Gasteiger partial charge in [-0.25, -0.2) is 33.0 Å². The number of aliphatic hydroxyl groups is 5. The number of aliphatic hydroxyl groups excluding tert-OH is 5. The number of ether oxygens (including phenoxy) is 2. The van der Waals surface area contributed by atoms with Gasteiger partial charge in [-0.15, -0.1) is 0 Å². The van der Waals surface area contributed by atoms with Crippen LogP contribution in [0.1, 0.15) is 67.1 Å². The van der Waals surface area contributed by atoms with Crippen LogP contribution in [0.15, 0.2) is 6.07 Å². The maximum Gasteiger partial charge on any atom is 0.423 e. The van der Waals surface area contributed by atoms with E-state index in [4.69, 9.17) is 14.6 Å². The molecule has 0 aliphatic carbocycles. The van der Waals surface area contributed by atoms with E-state index in [2.05, 4.69) is 5.32 Å². The van der Waals surface area contributed by atoms with Gasteiger partial charge in [-0.05, 0) is 145 Å². The summed E-state index contributed by atoms with van der Waals surface area (Å²) in [6.45, 7) is -4.37. The van der Waals surface area contributed by atoms with E-state index < -0.39 is 61.6 Å². The first-order valence-electron chi connectivity index (χ1n) is 18.1. The molecule has 0 radical (unpaired) electrons. The van der Waals surface area contributed by atoms with Gasteiger partial charge in [-0.1, -0.05) is 0 Å². The van der Waals surface area contributed by atoms with Crippen molar-refractivity contribution in [2.45, 2.75) is 25.7 Å². The SMILES string of the molecule is O=C(Nc1c(I)c(C(=O)N(O)CCCO)c(I)c(C(=O)N(O)CCCO)c1I)OCC(CO)COC(=O)N(I)c1cc(C(=O)N(O)CCCO)c(I)c(C(=O)N(O)CCCO)c1I. The summed E-state index contributed by atoms with van der Waals surface area (Å²) in [7, 11) is 0. The van der Waals surface area contributed by atoms with Crippen LogP contribution in [0.3, 0.4) is 0 Å². The summed E-state index contributed by atoms with van der Waals surface area (Å²) in [4.78, 5) is 80.1. The Morgan fingerprint density at radius 3 is 1.33 bits per heavy atom. The van der Waals surface area contributed by atoms with E-state index in [1.165, 1.54) is 28.9 Å². The molecule has 10 N–H and O–H groups in total. The predicted octanol–water partition coefficient (Wildman–Crippen LogP) is 3.72. The molecule has 23 nitrogen and oxygen atoms in total. The summed E-state index contributed by atoms with van der Waals surface area (Å²) in [6, 6.07) is 1.19. The predicted molar refractivity (Wildman–Crippen MR) is 268 cm³/mol. The zero-order valence-electron chi connectivity index (χ0n) is 32.6. The van der Waals surface area contributed by atoms with Crippen molar-refractivity contribution >= 4 is 183 Å². The average molecular weight is 1570 g/mol. The van der Waals surface area contributed by atoms with Crippen LogP contribution >= 0.6 is 136 Å². The molecule has 1 atom stereocenters. The van der Waals surface area contributed by atoms with Crippen LogP contribution in [0.2, 0.25) is 0 Å². The number of carbonyl (C=O) groups is 6. The summed E-state index contributed by atoms with van der Waals surface area (Å²) < 4.78 is 11.7. The summed E-state index contributed by atoms with van der Waals surface area (Å²) in [5, 5.41) is 92.2. The highest BCUT2D eigenvalue weighted by atomic mass is 127. The highest BCUT2D eigenvalue weighted by molar-refractivity contribution is 14.1. The smallest absolute Gasteiger partial charge is 0.423 e. The normalized spacial score (nSPS) is 11.4. The third-order valence-electron chi connectivity index (χ3n) is 8.17. The molecule has 2 rings (SSSR count). The Morgan fingerprint density at radius 1 is 0.556 bits per heavy atom. The van der Waals surface area contributed by atoms with Crippen molar-refractivity contribution in [2.24, 2.45) is 5.92 Å². The van der Waals surface area contributed by atoms with Crippen molar-refractivity contribution in [3.8, 4) is 0 Å². The Kier molecular flexibility index (Phi) is 26.6. The van der Waals surface area contributed by atoms with Gasteiger partial charge in [-0.2, -0.15) is 0 Å². The molecule has 0 aliphatic heterocycles. The lowest BCUT2D eigenvalue weighted by atomic mass is 10.1. The van der Waals surface area contributed by atoms with E-state index in [1.807, 2.05) is 0 Å². The van der Waals surface area contributed by atoms with Gasteiger partial charge in [0.05, 0.1) is 106 Å². The number of anilines is 2. The third-order valence-corrected chi connectivity index (χ3v) is 14.5. The van der Waals surface area contributed by atoms with Gasteiger partial charge in [0.25, 0.3) is 23.6 Å². The van der Waals surface area contributed by atoms with Crippen LogP contribution in [0, 0.1) is 23.8 Å². The first-order valence-corrected chi connectivity index (χ1v) is 24.5. The average Bonchev–Trinajstić information content (AvgIpc) is 3.26. The van der Waals surface area contributed by atoms with E-state index in [0.29, 0.717) is 20.3 Å². The first-order chi connectivity index (χ1) is 29.7. The lowest BCUT2D eigenvalue weighted by Crippen LogP contribution is -2.34. The molecule has 1 unspecified atom stereocenters. The maximum absolute atomic E-state index is 13.4. The Bertz CT molecular complexity index is 1920. The first kappa shape index (κ1) is 58.0. The number of nitrogens with one attached hydrogen (secondary N) is 1. The fourth-order valence-corrected chi connectivity index (χ4v) is 12.5. The van der Waals surface area contributed by atoms with Crippen molar-refractivity contribution in [3.63, 3.8) is 0 Å². The highest BCUT2D eigenvalue weighted by Gasteiger charge is 2.34. The summed E-state index contributed by atoms with van der Waals surface area (Å²) >= 11 is 10.0. The standard InChI is InChI=1S/C34H42I6N6O17/c35-23-18(29(52)42(58)5-1-9-47)13-19(24(36)20(23)30(53)43(59)6-2-10-48)46(40)34(57)63-16-17(14-51)15-62-33(56)41-28-26(38)21(31(54)44(60)7-3-11-49)25(37)22(27(28)39)32(55)45(61)8-4-12-50/h13,17,47-51,58-61H,1-12,14-16H2,(H,41,56). The quantitative estimate of drug-likeness (QED) is 0.0328. The van der Waals surface area contributed by atoms with Gasteiger partial charge < -0.3 is 35.0 Å². The summed E-state index contributed by atoms with van der Waals surface area (Å²) in [5.74, 6) is -5.05. The molecule has 29 heteroatoms. The molecule has 63 heavy (non-hydrogen) atoms. The molecule has 0 saturated carbocycles. The number of benzene rings is 2. The molecule has 2 aromatic rings. The lowest BCUT2D eigenvalue weighted by molar-refractivity contribution is -0.0613. The zero-order valence-corrected chi connectivity index (χ0v) is 45.5. The maximum atomic E-state index is 13.4. The van der Waals surface area contributed by atoms with Crippen molar-refractivity contribution < 1.29 is 84.6 Å². The van der Waals surface area contributed by atoms with Crippen molar-refractivity contribution in [1.82, 2.24) is 20.3 Å². The number of amides is 6. The minimum atomic E-state index is -1.16. The van der Waals surface area contributed by atoms with Crippen molar-refractivity contribution in [1.29, 1.82) is 0 Å². The van der Waals surface area contributed by atoms with E-state index in [9.17, 15) is 70.0 Å². The lowest BCUT2D eigenvalue weighted by Gasteiger charge is -2.24. The Morgan fingerprint density at radius 2 is 0.937 bits per heavy atom. The summed E-state index contributed by atoms with van der Waals surface area (Å²) in [5.41, 5.74) is -1.20. The second kappa shape index (κ2) is 28.9. The second-order valence-electron chi connectivity index (χ2n) is 12.7. The zero-order chi connectivity index (χ0) is 47.7. The van der Waals surface area contributed by atoms with E-state index in [1.54, 1.807) is 113 Å². The highest BCUT2D eigenvalue weighted by Crippen LogP contribution is 2.38. The minimum Gasteiger partial charge on any atom is -0.449 e. The van der Waals surface area contributed by atoms with Gasteiger partial charge in [0.15, 0.2) is 0 Å². The summed E-state index contributed by atoms with van der Waals surface area (Å²) in [6.07, 6.45) is -2.23. The third kappa shape index (κ3) is 16.0. The number of hydroxylamine groups is 8. The molecule has 352 valence electrons. The Balaban J connectivity index is 2.40. The molecule has 6 amide bonds. The number of hydrogen-bond acceptors (Lipinski definition) is 17. The molecule has 0 heterocycles. The van der Waals surface area contributed by atoms with E-state index in [-0.39, 0.29) is 130 Å². The van der Waals surface area contributed by atoms with Crippen LogP contribution in [0.25, 0.3) is 0 Å². The fourth-order valence-electron chi connectivity index (χ4n) is 4.90. The van der Waals surface area contributed by atoms with Gasteiger partial charge >= 0.3 is 12.2 Å². The molecular formula is C34H42I6N6O17. The molecule has 0 bridgehead atoms. The van der Waals surface area contributed by atoms with Crippen molar-refractivity contribution in [2.75, 3.05) is 80.9 Å². The molecule has 2 aromatic carbocycles. The van der Waals surface area contributed by atoms with Crippen molar-refractivity contribution in [3.05, 3.63) is 46.2 Å². The minimum absolute atomic E-state index is 0.000266. The topological polar surface area (TPSA) is 331 Å². The second-order valence-corrected chi connectivity index (χ2v) is 19.0. The van der Waals surface area contributed by atoms with Crippen LogP contribution in [-0.2, 0) is 9.47 Å². The molecule has 0 saturated heterocycles. The van der Waals surface area contributed by atoms with Crippen LogP contribution in [-0.4, -0.2) is 175 Å². The van der Waals surface area contributed by atoms with Gasteiger partial charge in [0.2, 0.25) is 0 Å². The Labute approximate surface area is 441 Å². The largest absolute Gasteiger partial charge is 0.449 e. The van der Waals surface area contributed by atoms with Gasteiger partial charge in [0, 0.05) is 33.6 Å². The molecule has 0 aromatic heterocycles. The Hall–Kier alpha value is -1.12. The van der Waals surface area contributed by atoms with Crippen LogP contribution < -0.4 is 8.43 Å². The molecular weight excluding hydrogens is 1530 g/mol. The number of halogens is 6. The molecule has 0 spiro atoms. The number of nitrogens with zero attached hydrogens (tertiary/aromatic N) is 5. The van der Waals surface area contributed by atoms with Crippen LogP contribution in [0.5, 0.6) is 0 Å². The molecule has 0 aliphatic rings. The van der Waals surface area contributed by atoms with Gasteiger partial charge in [-0.3, -0.25) is 45.3 Å². The number of hydrogen-bond donors (Lipinski definition) is 10. The van der Waals surface area contributed by atoms with E-state index in [0.717, 1.165) is 3.11 Å². The van der Waals surface area contributed by atoms with Gasteiger partial charge in [0.1, 0.15) is 13.2 Å². The number of carbonyl (C=O) groups excluding carboxylic acids is 6. The van der Waals surface area contributed by atoms with Crippen LogP contribution in [0.4, 0.5) is 21.0 Å². The number of rotatable bonds is 23.